The van der Waals surface area contributed by atoms with Gasteiger partial charge in [-0.25, -0.2) is 4.79 Å². The predicted molar refractivity (Wildman–Crippen MR) is 69.1 cm³/mol. The monoisotopic (exact) mass is 254 g/mol. The summed E-state index contributed by atoms with van der Waals surface area (Å²) in [5.41, 5.74) is -0.234. The largest absolute Gasteiger partial charge is 0.453 e. The van der Waals surface area contributed by atoms with Crippen molar-refractivity contribution in [3.05, 3.63) is 12.2 Å². The first-order valence-electron chi connectivity index (χ1n) is 6.19. The van der Waals surface area contributed by atoms with Gasteiger partial charge in [-0.1, -0.05) is 26.0 Å². The Hall–Kier alpha value is -1.52. The second kappa shape index (κ2) is 5.89. The molecule has 1 atom stereocenters. The van der Waals surface area contributed by atoms with Gasteiger partial charge in [-0.2, -0.15) is 0 Å². The third-order valence-corrected chi connectivity index (χ3v) is 3.14. The van der Waals surface area contributed by atoms with Crippen molar-refractivity contribution in [1.29, 1.82) is 0 Å². The number of rotatable bonds is 4. The van der Waals surface area contributed by atoms with Crippen molar-refractivity contribution in [1.82, 2.24) is 10.6 Å². The Kier molecular flexibility index (Phi) is 4.76. The molecule has 1 rings (SSSR count). The lowest BCUT2D eigenvalue weighted by Gasteiger charge is -2.29. The SMILES string of the molecule is COC(=O)N[C@@H](C(=O)NC1(C)CC=CC1)C(C)C. The number of methoxy groups -OCH3 is 1. The number of carbonyl (C=O) groups is 2. The van der Waals surface area contributed by atoms with Gasteiger partial charge < -0.3 is 15.4 Å². The molecule has 0 aromatic rings. The lowest BCUT2D eigenvalue weighted by molar-refractivity contribution is -0.125. The van der Waals surface area contributed by atoms with Crippen molar-refractivity contribution < 1.29 is 14.3 Å². The van der Waals surface area contributed by atoms with Crippen molar-refractivity contribution in [2.45, 2.75) is 45.2 Å². The highest BCUT2D eigenvalue weighted by Crippen LogP contribution is 2.23. The fourth-order valence-electron chi connectivity index (χ4n) is 1.97. The van der Waals surface area contributed by atoms with Crippen molar-refractivity contribution in [2.75, 3.05) is 7.11 Å². The molecule has 0 aliphatic heterocycles. The first-order valence-corrected chi connectivity index (χ1v) is 6.19. The second-order valence-corrected chi connectivity index (χ2v) is 5.29. The normalized spacial score (nSPS) is 18.5. The first kappa shape index (κ1) is 14.5. The fraction of sp³-hybridized carbons (Fsp3) is 0.692. The van der Waals surface area contributed by atoms with E-state index < -0.39 is 12.1 Å². The van der Waals surface area contributed by atoms with Crippen LogP contribution in [0.15, 0.2) is 12.2 Å². The quantitative estimate of drug-likeness (QED) is 0.749. The molecule has 102 valence electrons. The molecule has 0 heterocycles. The van der Waals surface area contributed by atoms with E-state index >= 15 is 0 Å². The molecule has 5 heteroatoms. The minimum absolute atomic E-state index is 0.00191. The molecule has 1 aliphatic carbocycles. The molecule has 0 bridgehead atoms. The van der Waals surface area contributed by atoms with Crippen LogP contribution in [-0.4, -0.2) is 30.7 Å². The molecule has 0 unspecified atom stereocenters. The fourth-order valence-corrected chi connectivity index (χ4v) is 1.97. The minimum Gasteiger partial charge on any atom is -0.453 e. The summed E-state index contributed by atoms with van der Waals surface area (Å²) < 4.78 is 4.53. The molecule has 2 N–H and O–H groups in total. The van der Waals surface area contributed by atoms with Gasteiger partial charge in [0.1, 0.15) is 6.04 Å². The Labute approximate surface area is 108 Å². The van der Waals surface area contributed by atoms with Gasteiger partial charge in [0.25, 0.3) is 0 Å². The number of ether oxygens (including phenoxy) is 1. The van der Waals surface area contributed by atoms with Gasteiger partial charge in [0.2, 0.25) is 5.91 Å². The molecule has 0 saturated carbocycles. The van der Waals surface area contributed by atoms with E-state index in [-0.39, 0.29) is 17.4 Å². The van der Waals surface area contributed by atoms with Crippen LogP contribution in [0.1, 0.15) is 33.6 Å². The van der Waals surface area contributed by atoms with Gasteiger partial charge in [-0.15, -0.1) is 0 Å². The van der Waals surface area contributed by atoms with E-state index in [4.69, 9.17) is 0 Å². The van der Waals surface area contributed by atoms with Crippen molar-refractivity contribution in [3.8, 4) is 0 Å². The van der Waals surface area contributed by atoms with Crippen LogP contribution in [0.2, 0.25) is 0 Å². The zero-order chi connectivity index (χ0) is 13.8. The zero-order valence-corrected chi connectivity index (χ0v) is 11.4. The Morgan fingerprint density at radius 2 is 1.83 bits per heavy atom. The molecule has 0 aromatic carbocycles. The van der Waals surface area contributed by atoms with Crippen LogP contribution in [0.4, 0.5) is 4.79 Å². The molecule has 18 heavy (non-hydrogen) atoms. The Balaban J connectivity index is 2.62. The predicted octanol–water partition coefficient (Wildman–Crippen LogP) is 1.59. The lowest BCUT2D eigenvalue weighted by atomic mass is 9.97. The minimum atomic E-state index is -0.585. The number of hydrogen-bond acceptors (Lipinski definition) is 3. The van der Waals surface area contributed by atoms with Crippen molar-refractivity contribution in [2.24, 2.45) is 5.92 Å². The van der Waals surface area contributed by atoms with Gasteiger partial charge in [0, 0.05) is 5.54 Å². The first-order chi connectivity index (χ1) is 8.38. The molecule has 0 radical (unpaired) electrons. The maximum atomic E-state index is 12.2. The molecule has 0 fully saturated rings. The van der Waals surface area contributed by atoms with Crippen molar-refractivity contribution >= 4 is 12.0 Å². The number of nitrogens with one attached hydrogen (secondary N) is 2. The Morgan fingerprint density at radius 3 is 2.28 bits per heavy atom. The highest BCUT2D eigenvalue weighted by Gasteiger charge is 2.32. The van der Waals surface area contributed by atoms with Gasteiger partial charge in [-0.3, -0.25) is 4.79 Å². The molecule has 1 aliphatic rings. The highest BCUT2D eigenvalue weighted by molar-refractivity contribution is 5.86. The van der Waals surface area contributed by atoms with Crippen LogP contribution in [0, 0.1) is 5.92 Å². The summed E-state index contributed by atoms with van der Waals surface area (Å²) in [4.78, 5) is 23.4. The summed E-state index contributed by atoms with van der Waals surface area (Å²) in [6.45, 7) is 5.77. The second-order valence-electron chi connectivity index (χ2n) is 5.29. The molecular weight excluding hydrogens is 232 g/mol. The van der Waals surface area contributed by atoms with E-state index in [1.54, 1.807) is 0 Å². The highest BCUT2D eigenvalue weighted by atomic mass is 16.5. The summed E-state index contributed by atoms with van der Waals surface area (Å²) in [5, 5.41) is 5.56. The molecule has 0 spiro atoms. The van der Waals surface area contributed by atoms with Crippen LogP contribution in [-0.2, 0) is 9.53 Å². The summed E-state index contributed by atoms with van der Waals surface area (Å²) in [5.74, 6) is -0.163. The summed E-state index contributed by atoms with van der Waals surface area (Å²) in [6, 6.07) is -0.574. The van der Waals surface area contributed by atoms with E-state index in [9.17, 15) is 9.59 Å². The number of alkyl carbamates (subject to hydrolysis) is 1. The Morgan fingerprint density at radius 1 is 1.28 bits per heavy atom. The summed E-state index contributed by atoms with van der Waals surface area (Å²) in [7, 11) is 1.28. The molecule has 0 saturated heterocycles. The van der Waals surface area contributed by atoms with E-state index in [1.807, 2.05) is 20.8 Å². The summed E-state index contributed by atoms with van der Waals surface area (Å²) in [6.07, 6.45) is 5.17. The zero-order valence-electron chi connectivity index (χ0n) is 11.4. The third kappa shape index (κ3) is 3.75. The van der Waals surface area contributed by atoms with Crippen LogP contribution < -0.4 is 10.6 Å². The van der Waals surface area contributed by atoms with E-state index in [0.29, 0.717) is 0 Å². The molecule has 2 amide bonds. The van der Waals surface area contributed by atoms with Crippen LogP contribution in [0.25, 0.3) is 0 Å². The topological polar surface area (TPSA) is 67.4 Å². The van der Waals surface area contributed by atoms with E-state index in [0.717, 1.165) is 12.8 Å². The smallest absolute Gasteiger partial charge is 0.407 e. The van der Waals surface area contributed by atoms with Gasteiger partial charge in [0.15, 0.2) is 0 Å². The summed E-state index contributed by atoms with van der Waals surface area (Å²) >= 11 is 0. The van der Waals surface area contributed by atoms with E-state index in [1.165, 1.54) is 7.11 Å². The van der Waals surface area contributed by atoms with Gasteiger partial charge >= 0.3 is 6.09 Å². The maximum absolute atomic E-state index is 12.2. The molecular formula is C13H22N2O3. The average molecular weight is 254 g/mol. The molecule has 5 nitrogen and oxygen atoms in total. The van der Waals surface area contributed by atoms with Gasteiger partial charge in [-0.05, 0) is 25.7 Å². The number of amides is 2. The number of hydrogen-bond donors (Lipinski definition) is 2. The van der Waals surface area contributed by atoms with Crippen LogP contribution in [0.3, 0.4) is 0 Å². The molecule has 0 aromatic heterocycles. The van der Waals surface area contributed by atoms with Gasteiger partial charge in [0.05, 0.1) is 7.11 Å². The van der Waals surface area contributed by atoms with Crippen LogP contribution in [0.5, 0.6) is 0 Å². The third-order valence-electron chi connectivity index (χ3n) is 3.14. The average Bonchev–Trinajstić information content (AvgIpc) is 2.71. The Bertz CT molecular complexity index is 342. The van der Waals surface area contributed by atoms with Crippen molar-refractivity contribution in [3.63, 3.8) is 0 Å². The maximum Gasteiger partial charge on any atom is 0.407 e. The van der Waals surface area contributed by atoms with Crippen LogP contribution >= 0.6 is 0 Å². The van der Waals surface area contributed by atoms with E-state index in [2.05, 4.69) is 27.5 Å². The lowest BCUT2D eigenvalue weighted by Crippen LogP contribution is -2.55. The standard InChI is InChI=1S/C13H22N2O3/c1-9(2)10(14-12(17)18-4)11(16)15-13(3)7-5-6-8-13/h5-6,9-10H,7-8H2,1-4H3,(H,14,17)(H,15,16)/t10-/m1/s1. The number of carbonyl (C=O) groups excluding carboxylic acids is 2.